The van der Waals surface area contributed by atoms with E-state index in [2.05, 4.69) is 32.0 Å². The monoisotopic (exact) mass is 125 g/mol. The van der Waals surface area contributed by atoms with Crippen molar-refractivity contribution in [2.75, 3.05) is 0 Å². The normalized spacial score (nSPS) is 13.2. The van der Waals surface area contributed by atoms with E-state index in [0.717, 1.165) is 6.42 Å². The van der Waals surface area contributed by atoms with Gasteiger partial charge in [0.15, 0.2) is 0 Å². The lowest BCUT2D eigenvalue weighted by molar-refractivity contribution is 0.497. The van der Waals surface area contributed by atoms with Gasteiger partial charge in [-0.1, -0.05) is 13.8 Å². The molecule has 0 radical (unpaired) electrons. The lowest BCUT2D eigenvalue weighted by atomic mass is 10.2. The van der Waals surface area contributed by atoms with Crippen LogP contribution in [0, 0.1) is 12.3 Å². The van der Waals surface area contributed by atoms with E-state index in [1.54, 1.807) is 0 Å². The largest absolute Gasteiger partial charge is 0.311 e. The van der Waals surface area contributed by atoms with Crippen LogP contribution < -0.4 is 5.32 Å². The van der Waals surface area contributed by atoms with Crippen molar-refractivity contribution in [3.8, 4) is 12.3 Å². The maximum atomic E-state index is 5.12. The first kappa shape index (κ1) is 8.52. The van der Waals surface area contributed by atoms with Crippen molar-refractivity contribution in [2.45, 2.75) is 39.3 Å². The zero-order valence-corrected chi connectivity index (χ0v) is 6.44. The van der Waals surface area contributed by atoms with Crippen LogP contribution in [-0.2, 0) is 0 Å². The topological polar surface area (TPSA) is 12.0 Å². The van der Waals surface area contributed by atoms with Crippen molar-refractivity contribution in [1.82, 2.24) is 5.32 Å². The number of rotatable bonds is 3. The average molecular weight is 125 g/mol. The van der Waals surface area contributed by atoms with Crippen LogP contribution in [0.15, 0.2) is 0 Å². The Bertz CT molecular complexity index is 99.6. The molecule has 0 rings (SSSR count). The molecule has 0 aliphatic heterocycles. The smallest absolute Gasteiger partial charge is 0.0238 e. The van der Waals surface area contributed by atoms with Crippen molar-refractivity contribution < 1.29 is 0 Å². The van der Waals surface area contributed by atoms with E-state index in [1.165, 1.54) is 0 Å². The highest BCUT2D eigenvalue weighted by molar-refractivity contribution is 4.88. The Morgan fingerprint density at radius 2 is 2.00 bits per heavy atom. The van der Waals surface area contributed by atoms with Gasteiger partial charge in [-0.2, -0.15) is 0 Å². The maximum absolute atomic E-state index is 5.12. The van der Waals surface area contributed by atoms with Crippen molar-refractivity contribution in [3.63, 3.8) is 0 Å². The SMILES string of the molecule is C#CCC(C)NC(C)C. The zero-order chi connectivity index (χ0) is 7.28. The van der Waals surface area contributed by atoms with Gasteiger partial charge in [0.1, 0.15) is 0 Å². The Hall–Kier alpha value is -0.480. The molecular weight excluding hydrogens is 110 g/mol. The van der Waals surface area contributed by atoms with Gasteiger partial charge in [-0.15, -0.1) is 12.3 Å². The quantitative estimate of drug-likeness (QED) is 0.562. The summed E-state index contributed by atoms with van der Waals surface area (Å²) in [6, 6.07) is 0.989. The summed E-state index contributed by atoms with van der Waals surface area (Å²) in [6.45, 7) is 6.33. The third-order valence-corrected chi connectivity index (χ3v) is 1.04. The first-order valence-corrected chi connectivity index (χ1v) is 3.36. The van der Waals surface area contributed by atoms with E-state index in [9.17, 15) is 0 Å². The molecule has 9 heavy (non-hydrogen) atoms. The molecule has 1 nitrogen and oxygen atoms in total. The molecule has 0 bridgehead atoms. The summed E-state index contributed by atoms with van der Waals surface area (Å²) < 4.78 is 0. The highest BCUT2D eigenvalue weighted by Crippen LogP contribution is 1.89. The molecule has 0 saturated heterocycles. The predicted octanol–water partition coefficient (Wildman–Crippen LogP) is 1.40. The fourth-order valence-corrected chi connectivity index (χ4v) is 0.805. The van der Waals surface area contributed by atoms with Crippen molar-refractivity contribution >= 4 is 0 Å². The second kappa shape index (κ2) is 4.40. The van der Waals surface area contributed by atoms with Crippen LogP contribution in [0.3, 0.4) is 0 Å². The van der Waals surface area contributed by atoms with Crippen LogP contribution in [0.1, 0.15) is 27.2 Å². The molecule has 0 aromatic rings. The summed E-state index contributed by atoms with van der Waals surface area (Å²) in [5, 5.41) is 3.30. The second-order valence-electron chi connectivity index (χ2n) is 2.63. The minimum Gasteiger partial charge on any atom is -0.311 e. The van der Waals surface area contributed by atoms with Gasteiger partial charge in [0, 0.05) is 18.5 Å². The molecule has 1 atom stereocenters. The van der Waals surface area contributed by atoms with Gasteiger partial charge in [0.2, 0.25) is 0 Å². The van der Waals surface area contributed by atoms with Crippen LogP contribution in [0.4, 0.5) is 0 Å². The van der Waals surface area contributed by atoms with Gasteiger partial charge < -0.3 is 5.32 Å². The van der Waals surface area contributed by atoms with Crippen LogP contribution >= 0.6 is 0 Å². The Morgan fingerprint density at radius 3 is 2.33 bits per heavy atom. The van der Waals surface area contributed by atoms with E-state index >= 15 is 0 Å². The Labute approximate surface area is 57.8 Å². The van der Waals surface area contributed by atoms with Gasteiger partial charge in [-0.25, -0.2) is 0 Å². The third kappa shape index (κ3) is 5.39. The number of nitrogens with one attached hydrogen (secondary N) is 1. The Balaban J connectivity index is 3.29. The minimum atomic E-state index is 0.454. The van der Waals surface area contributed by atoms with Crippen molar-refractivity contribution in [3.05, 3.63) is 0 Å². The maximum Gasteiger partial charge on any atom is 0.0238 e. The average Bonchev–Trinajstić information content (AvgIpc) is 1.63. The number of hydrogen-bond acceptors (Lipinski definition) is 1. The standard InChI is InChI=1S/C8H15N/c1-5-6-8(4)9-7(2)3/h1,7-9H,6H2,2-4H3. The summed E-state index contributed by atoms with van der Waals surface area (Å²) in [4.78, 5) is 0. The fourth-order valence-electron chi connectivity index (χ4n) is 0.805. The summed E-state index contributed by atoms with van der Waals surface area (Å²) in [7, 11) is 0. The highest BCUT2D eigenvalue weighted by Gasteiger charge is 1.98. The molecule has 0 fully saturated rings. The lowest BCUT2D eigenvalue weighted by Gasteiger charge is -2.13. The van der Waals surface area contributed by atoms with E-state index in [1.807, 2.05) is 0 Å². The van der Waals surface area contributed by atoms with Gasteiger partial charge in [-0.3, -0.25) is 0 Å². The lowest BCUT2D eigenvalue weighted by Crippen LogP contribution is -2.31. The molecule has 0 aliphatic rings. The van der Waals surface area contributed by atoms with Crippen molar-refractivity contribution in [1.29, 1.82) is 0 Å². The molecule has 1 unspecified atom stereocenters. The summed E-state index contributed by atoms with van der Waals surface area (Å²) in [6.07, 6.45) is 5.93. The molecule has 0 aromatic carbocycles. The van der Waals surface area contributed by atoms with Gasteiger partial charge in [0.05, 0.1) is 0 Å². The first-order chi connectivity index (χ1) is 4.16. The second-order valence-corrected chi connectivity index (χ2v) is 2.63. The van der Waals surface area contributed by atoms with E-state index < -0.39 is 0 Å². The summed E-state index contributed by atoms with van der Waals surface area (Å²) in [5.41, 5.74) is 0. The molecule has 1 heteroatoms. The third-order valence-electron chi connectivity index (χ3n) is 1.04. The van der Waals surface area contributed by atoms with E-state index in [0.29, 0.717) is 12.1 Å². The fraction of sp³-hybridized carbons (Fsp3) is 0.750. The molecular formula is C8H15N. The molecule has 0 heterocycles. The van der Waals surface area contributed by atoms with Gasteiger partial charge >= 0.3 is 0 Å². The van der Waals surface area contributed by atoms with Crippen LogP contribution in [0.5, 0.6) is 0 Å². The van der Waals surface area contributed by atoms with Gasteiger partial charge in [0.25, 0.3) is 0 Å². The Kier molecular flexibility index (Phi) is 4.17. The van der Waals surface area contributed by atoms with Gasteiger partial charge in [-0.05, 0) is 6.92 Å². The van der Waals surface area contributed by atoms with Crippen LogP contribution in [0.2, 0.25) is 0 Å². The molecule has 0 saturated carbocycles. The molecule has 0 amide bonds. The van der Waals surface area contributed by atoms with E-state index in [4.69, 9.17) is 6.42 Å². The zero-order valence-electron chi connectivity index (χ0n) is 6.44. The molecule has 0 aliphatic carbocycles. The van der Waals surface area contributed by atoms with Crippen LogP contribution in [-0.4, -0.2) is 12.1 Å². The highest BCUT2D eigenvalue weighted by atomic mass is 14.9. The molecule has 0 spiro atoms. The summed E-state index contributed by atoms with van der Waals surface area (Å²) in [5.74, 6) is 2.61. The first-order valence-electron chi connectivity index (χ1n) is 3.36. The summed E-state index contributed by atoms with van der Waals surface area (Å²) >= 11 is 0. The predicted molar refractivity (Wildman–Crippen MR) is 41.2 cm³/mol. The molecule has 0 aromatic heterocycles. The minimum absolute atomic E-state index is 0.454. The number of terminal acetylenes is 1. The number of hydrogen-bond donors (Lipinski definition) is 1. The van der Waals surface area contributed by atoms with Crippen LogP contribution in [0.25, 0.3) is 0 Å². The molecule has 52 valence electrons. The Morgan fingerprint density at radius 1 is 1.44 bits per heavy atom. The molecule has 1 N–H and O–H groups in total. The van der Waals surface area contributed by atoms with E-state index in [-0.39, 0.29) is 0 Å². The van der Waals surface area contributed by atoms with Crippen molar-refractivity contribution in [2.24, 2.45) is 0 Å².